The third kappa shape index (κ3) is 6.21. The highest BCUT2D eigenvalue weighted by atomic mass is 32.2. The standard InChI is InChI=1S/C20H29FN2O6S/c21-15-2-1-3-17(12-15)30(26,27)23-18-5-4-16(29-19(18)13-24)6-9-22-20(25)14-7-10-28-11-8-14/h1-3,12,14,16,18-19,23-24H,4-11,13H2,(H,22,25)/t16-,18+,19+/m0/s1. The molecular formula is C20H29FN2O6S. The van der Waals surface area contributed by atoms with Crippen LogP contribution in [0.4, 0.5) is 4.39 Å². The number of benzene rings is 1. The summed E-state index contributed by atoms with van der Waals surface area (Å²) in [6.45, 7) is 1.32. The zero-order chi connectivity index (χ0) is 21.6. The predicted molar refractivity (Wildman–Crippen MR) is 107 cm³/mol. The number of rotatable bonds is 8. The summed E-state index contributed by atoms with van der Waals surface area (Å²) >= 11 is 0. The van der Waals surface area contributed by atoms with Crippen molar-refractivity contribution in [2.75, 3.05) is 26.4 Å². The Labute approximate surface area is 176 Å². The Morgan fingerprint density at radius 2 is 1.97 bits per heavy atom. The molecule has 3 atom stereocenters. The molecule has 2 aliphatic rings. The van der Waals surface area contributed by atoms with E-state index in [1.165, 1.54) is 18.2 Å². The fraction of sp³-hybridized carbons (Fsp3) is 0.650. The van der Waals surface area contributed by atoms with Crippen molar-refractivity contribution < 1.29 is 32.2 Å². The number of carbonyl (C=O) groups excluding carboxylic acids is 1. The van der Waals surface area contributed by atoms with E-state index in [1.54, 1.807) is 0 Å². The van der Waals surface area contributed by atoms with Crippen molar-refractivity contribution in [1.82, 2.24) is 10.0 Å². The average molecular weight is 445 g/mol. The maximum atomic E-state index is 13.4. The molecule has 0 radical (unpaired) electrons. The summed E-state index contributed by atoms with van der Waals surface area (Å²) in [6, 6.07) is 4.15. The number of hydrogen-bond acceptors (Lipinski definition) is 6. The van der Waals surface area contributed by atoms with Crippen LogP contribution in [0.25, 0.3) is 0 Å². The van der Waals surface area contributed by atoms with Crippen LogP contribution >= 0.6 is 0 Å². The molecule has 2 heterocycles. The number of ether oxygens (including phenoxy) is 2. The zero-order valence-electron chi connectivity index (χ0n) is 16.8. The highest BCUT2D eigenvalue weighted by molar-refractivity contribution is 7.89. The van der Waals surface area contributed by atoms with Gasteiger partial charge in [0, 0.05) is 25.7 Å². The Morgan fingerprint density at radius 1 is 1.20 bits per heavy atom. The van der Waals surface area contributed by atoms with Crippen molar-refractivity contribution in [3.63, 3.8) is 0 Å². The lowest BCUT2D eigenvalue weighted by atomic mass is 9.97. The molecule has 8 nitrogen and oxygen atoms in total. The Morgan fingerprint density at radius 3 is 2.67 bits per heavy atom. The van der Waals surface area contributed by atoms with Crippen LogP contribution in [0, 0.1) is 11.7 Å². The van der Waals surface area contributed by atoms with Crippen LogP contribution in [-0.4, -0.2) is 64.0 Å². The first-order valence-corrected chi connectivity index (χ1v) is 11.8. The Kier molecular flexibility index (Phi) is 8.18. The van der Waals surface area contributed by atoms with E-state index in [9.17, 15) is 22.7 Å². The van der Waals surface area contributed by atoms with Crippen molar-refractivity contribution in [2.45, 2.75) is 55.2 Å². The molecule has 1 aromatic rings. The summed E-state index contributed by atoms with van der Waals surface area (Å²) in [6.07, 6.45) is 2.19. The number of sulfonamides is 1. The van der Waals surface area contributed by atoms with E-state index in [0.717, 1.165) is 18.9 Å². The molecule has 0 unspecified atom stereocenters. The molecule has 2 saturated heterocycles. The Balaban J connectivity index is 1.48. The van der Waals surface area contributed by atoms with Crippen LogP contribution in [0.1, 0.15) is 32.1 Å². The third-order valence-corrected chi connectivity index (χ3v) is 7.05. The Hall–Kier alpha value is -1.59. The van der Waals surface area contributed by atoms with Gasteiger partial charge in [0.15, 0.2) is 0 Å². The predicted octanol–water partition coefficient (Wildman–Crippen LogP) is 0.945. The second-order valence-electron chi connectivity index (χ2n) is 7.71. The van der Waals surface area contributed by atoms with Crippen molar-refractivity contribution in [3.8, 4) is 0 Å². The topological polar surface area (TPSA) is 114 Å². The number of hydrogen-bond donors (Lipinski definition) is 3. The van der Waals surface area contributed by atoms with E-state index in [0.29, 0.717) is 39.0 Å². The fourth-order valence-electron chi connectivity index (χ4n) is 3.84. The number of nitrogens with one attached hydrogen (secondary N) is 2. The minimum Gasteiger partial charge on any atom is -0.394 e. The summed E-state index contributed by atoms with van der Waals surface area (Å²) in [5, 5.41) is 12.6. The first-order valence-electron chi connectivity index (χ1n) is 10.3. The van der Waals surface area contributed by atoms with Crippen LogP contribution in [0.5, 0.6) is 0 Å². The lowest BCUT2D eigenvalue weighted by Gasteiger charge is -2.36. The van der Waals surface area contributed by atoms with Gasteiger partial charge in [-0.2, -0.15) is 0 Å². The van der Waals surface area contributed by atoms with Crippen molar-refractivity contribution in [3.05, 3.63) is 30.1 Å². The molecule has 0 aromatic heterocycles. The lowest BCUT2D eigenvalue weighted by molar-refractivity contribution is -0.128. The summed E-state index contributed by atoms with van der Waals surface area (Å²) in [4.78, 5) is 12.0. The van der Waals surface area contributed by atoms with Crippen molar-refractivity contribution in [1.29, 1.82) is 0 Å². The molecule has 1 amide bonds. The van der Waals surface area contributed by atoms with E-state index < -0.39 is 28.0 Å². The summed E-state index contributed by atoms with van der Waals surface area (Å²) in [7, 11) is -3.93. The molecule has 0 spiro atoms. The van der Waals surface area contributed by atoms with Gasteiger partial charge in [-0.1, -0.05) is 6.07 Å². The highest BCUT2D eigenvalue weighted by Gasteiger charge is 2.34. The minimum absolute atomic E-state index is 0.0159. The van der Waals surface area contributed by atoms with Crippen molar-refractivity contribution >= 4 is 15.9 Å². The highest BCUT2D eigenvalue weighted by Crippen LogP contribution is 2.24. The zero-order valence-corrected chi connectivity index (χ0v) is 17.6. The summed E-state index contributed by atoms with van der Waals surface area (Å²) < 4.78 is 52.1. The van der Waals surface area contributed by atoms with Gasteiger partial charge in [-0.25, -0.2) is 17.5 Å². The van der Waals surface area contributed by atoms with E-state index in [2.05, 4.69) is 10.0 Å². The fourth-order valence-corrected chi connectivity index (χ4v) is 5.17. The molecule has 168 valence electrons. The van der Waals surface area contributed by atoms with Gasteiger partial charge in [0.2, 0.25) is 15.9 Å². The van der Waals surface area contributed by atoms with E-state index in [4.69, 9.17) is 9.47 Å². The minimum atomic E-state index is -3.93. The maximum Gasteiger partial charge on any atom is 0.241 e. The van der Waals surface area contributed by atoms with Gasteiger partial charge in [-0.05, 0) is 50.3 Å². The van der Waals surface area contributed by atoms with Gasteiger partial charge in [-0.3, -0.25) is 4.79 Å². The number of carbonyl (C=O) groups is 1. The number of halogens is 1. The van der Waals surface area contributed by atoms with Crippen LogP contribution in [-0.2, 0) is 24.3 Å². The third-order valence-electron chi connectivity index (χ3n) is 5.57. The van der Waals surface area contributed by atoms with Crippen LogP contribution < -0.4 is 10.0 Å². The molecule has 30 heavy (non-hydrogen) atoms. The first-order chi connectivity index (χ1) is 14.4. The quantitative estimate of drug-likeness (QED) is 0.550. The Bertz CT molecular complexity index is 815. The second kappa shape index (κ2) is 10.6. The van der Waals surface area contributed by atoms with Crippen LogP contribution in [0.2, 0.25) is 0 Å². The van der Waals surface area contributed by atoms with Gasteiger partial charge in [-0.15, -0.1) is 0 Å². The molecule has 2 fully saturated rings. The largest absolute Gasteiger partial charge is 0.394 e. The molecule has 1 aromatic carbocycles. The maximum absolute atomic E-state index is 13.4. The van der Waals surface area contributed by atoms with Crippen LogP contribution in [0.3, 0.4) is 0 Å². The molecule has 2 aliphatic heterocycles. The van der Waals surface area contributed by atoms with Gasteiger partial charge in [0.1, 0.15) is 5.82 Å². The SMILES string of the molecule is O=C(NCC[C@@H]1CC[C@@H](NS(=O)(=O)c2cccc(F)c2)[C@@H](CO)O1)C1CCOCC1. The molecule has 3 N–H and O–H groups in total. The molecule has 0 saturated carbocycles. The molecule has 10 heteroatoms. The van der Waals surface area contributed by atoms with Gasteiger partial charge in [0.25, 0.3) is 0 Å². The first kappa shape index (κ1) is 23.1. The van der Waals surface area contributed by atoms with Crippen LogP contribution in [0.15, 0.2) is 29.2 Å². The molecule has 0 aliphatic carbocycles. The normalized spacial score (nSPS) is 25.7. The van der Waals surface area contributed by atoms with Gasteiger partial charge < -0.3 is 19.9 Å². The summed E-state index contributed by atoms with van der Waals surface area (Å²) in [5.74, 6) is -0.634. The average Bonchev–Trinajstić information content (AvgIpc) is 2.75. The van der Waals surface area contributed by atoms with Crippen molar-refractivity contribution in [2.24, 2.45) is 5.92 Å². The monoisotopic (exact) mass is 444 g/mol. The molecular weight excluding hydrogens is 415 g/mol. The van der Waals surface area contributed by atoms with E-state index >= 15 is 0 Å². The van der Waals surface area contributed by atoms with Gasteiger partial charge >= 0.3 is 0 Å². The number of aliphatic hydroxyl groups excluding tert-OH is 1. The smallest absolute Gasteiger partial charge is 0.241 e. The molecule has 3 rings (SSSR count). The van der Waals surface area contributed by atoms with E-state index in [-0.39, 0.29) is 29.4 Å². The van der Waals surface area contributed by atoms with E-state index in [1.807, 2.05) is 0 Å². The lowest BCUT2D eigenvalue weighted by Crippen LogP contribution is -2.51. The number of aliphatic hydroxyl groups is 1. The summed E-state index contributed by atoms with van der Waals surface area (Å²) in [5.41, 5.74) is 0. The molecule has 0 bridgehead atoms. The second-order valence-corrected chi connectivity index (χ2v) is 9.42. The number of amides is 1. The van der Waals surface area contributed by atoms with Gasteiger partial charge in [0.05, 0.1) is 29.8 Å².